The van der Waals surface area contributed by atoms with Gasteiger partial charge in [0.05, 0.1) is 25.0 Å². The maximum atomic E-state index is 12.3. The van der Waals surface area contributed by atoms with E-state index in [1.807, 2.05) is 0 Å². The SMILES string of the molecule is C#CCN(C)S(=O)(=O)c1ccc(OC)cc1CC(=O)O. The Balaban J connectivity index is 3.36. The van der Waals surface area contributed by atoms with Crippen LogP contribution in [0.3, 0.4) is 0 Å². The molecule has 0 amide bonds. The van der Waals surface area contributed by atoms with Gasteiger partial charge in [0.1, 0.15) is 5.75 Å². The predicted octanol–water partition coefficient (Wildman–Crippen LogP) is 0.576. The molecule has 0 saturated carbocycles. The molecular formula is C13H15NO5S. The largest absolute Gasteiger partial charge is 0.497 e. The minimum absolute atomic E-state index is 0.0848. The molecule has 1 N–H and O–H groups in total. The number of carbonyl (C=O) groups is 1. The number of methoxy groups -OCH3 is 1. The van der Waals surface area contributed by atoms with Gasteiger partial charge in [-0.2, -0.15) is 4.31 Å². The second kappa shape index (κ2) is 6.41. The second-order valence-corrected chi connectivity index (χ2v) is 6.02. The maximum Gasteiger partial charge on any atom is 0.307 e. The number of terminal acetylenes is 1. The van der Waals surface area contributed by atoms with E-state index in [0.29, 0.717) is 5.75 Å². The molecule has 0 radical (unpaired) electrons. The van der Waals surface area contributed by atoms with E-state index < -0.39 is 22.4 Å². The Kier molecular flexibility index (Phi) is 5.13. The summed E-state index contributed by atoms with van der Waals surface area (Å²) in [7, 11) is -1.08. The van der Waals surface area contributed by atoms with Gasteiger partial charge in [-0.3, -0.25) is 4.79 Å². The first-order valence-corrected chi connectivity index (χ1v) is 7.05. The summed E-state index contributed by atoms with van der Waals surface area (Å²) >= 11 is 0. The summed E-state index contributed by atoms with van der Waals surface area (Å²) in [4.78, 5) is 10.8. The Hall–Kier alpha value is -2.04. The number of carboxylic acid groups (broad SMARTS) is 1. The number of hydrogen-bond acceptors (Lipinski definition) is 4. The average Bonchev–Trinajstić information content (AvgIpc) is 2.37. The second-order valence-electron chi connectivity index (χ2n) is 4.01. The van der Waals surface area contributed by atoms with Crippen LogP contribution in [0.1, 0.15) is 5.56 Å². The zero-order chi connectivity index (χ0) is 15.3. The molecule has 0 aromatic heterocycles. The normalized spacial score (nSPS) is 11.1. The molecular weight excluding hydrogens is 282 g/mol. The zero-order valence-electron chi connectivity index (χ0n) is 11.2. The molecule has 0 aliphatic heterocycles. The summed E-state index contributed by atoms with van der Waals surface area (Å²) in [5.41, 5.74) is 0.153. The summed E-state index contributed by atoms with van der Waals surface area (Å²) in [6.07, 6.45) is 4.68. The lowest BCUT2D eigenvalue weighted by Gasteiger charge is -2.17. The average molecular weight is 297 g/mol. The Morgan fingerprint density at radius 1 is 1.50 bits per heavy atom. The Labute approximate surface area is 118 Å². The fourth-order valence-electron chi connectivity index (χ4n) is 1.62. The van der Waals surface area contributed by atoms with Crippen molar-refractivity contribution in [1.29, 1.82) is 0 Å². The van der Waals surface area contributed by atoms with Gasteiger partial charge in [-0.05, 0) is 23.8 Å². The van der Waals surface area contributed by atoms with Crippen molar-refractivity contribution in [2.45, 2.75) is 11.3 Å². The van der Waals surface area contributed by atoms with Gasteiger partial charge in [0.2, 0.25) is 10.0 Å². The number of benzene rings is 1. The van der Waals surface area contributed by atoms with Crippen LogP contribution in [0, 0.1) is 12.3 Å². The van der Waals surface area contributed by atoms with E-state index >= 15 is 0 Å². The molecule has 6 nitrogen and oxygen atoms in total. The zero-order valence-corrected chi connectivity index (χ0v) is 12.0. The van der Waals surface area contributed by atoms with Gasteiger partial charge in [-0.25, -0.2) is 8.42 Å². The van der Waals surface area contributed by atoms with Crippen molar-refractivity contribution >= 4 is 16.0 Å². The number of hydrogen-bond donors (Lipinski definition) is 1. The highest BCUT2D eigenvalue weighted by molar-refractivity contribution is 7.89. The van der Waals surface area contributed by atoms with E-state index in [9.17, 15) is 13.2 Å². The fourth-order valence-corrected chi connectivity index (χ4v) is 2.90. The standard InChI is InChI=1S/C13H15NO5S/c1-4-7-14(2)20(17,18)12-6-5-11(19-3)8-10(12)9-13(15)16/h1,5-6,8H,7,9H2,2-3H3,(H,15,16). The van der Waals surface area contributed by atoms with Crippen LogP contribution in [-0.4, -0.2) is 44.5 Å². The third kappa shape index (κ3) is 3.50. The van der Waals surface area contributed by atoms with E-state index in [-0.39, 0.29) is 17.0 Å². The summed E-state index contributed by atoms with van der Waals surface area (Å²) < 4.78 is 30.6. The van der Waals surface area contributed by atoms with Crippen LogP contribution in [0.5, 0.6) is 5.75 Å². The topological polar surface area (TPSA) is 83.9 Å². The van der Waals surface area contributed by atoms with Crippen LogP contribution in [0.4, 0.5) is 0 Å². The highest BCUT2D eigenvalue weighted by atomic mass is 32.2. The summed E-state index contributed by atoms with van der Waals surface area (Å²) in [5, 5.41) is 8.88. The van der Waals surface area contributed by atoms with E-state index in [2.05, 4.69) is 5.92 Å². The summed E-state index contributed by atoms with van der Waals surface area (Å²) in [6.45, 7) is -0.0964. The van der Waals surface area contributed by atoms with Crippen molar-refractivity contribution in [1.82, 2.24) is 4.31 Å². The van der Waals surface area contributed by atoms with Crippen LogP contribution < -0.4 is 4.74 Å². The lowest BCUT2D eigenvalue weighted by molar-refractivity contribution is -0.136. The first kappa shape index (κ1) is 16.0. The van der Waals surface area contributed by atoms with Crippen molar-refractivity contribution in [3.8, 4) is 18.1 Å². The van der Waals surface area contributed by atoms with Crippen molar-refractivity contribution in [2.75, 3.05) is 20.7 Å². The fraction of sp³-hybridized carbons (Fsp3) is 0.308. The molecule has 0 aliphatic rings. The van der Waals surface area contributed by atoms with Gasteiger partial charge in [0.25, 0.3) is 0 Å². The first-order valence-electron chi connectivity index (χ1n) is 5.61. The van der Waals surface area contributed by atoms with Crippen LogP contribution in [0.25, 0.3) is 0 Å². The molecule has 7 heteroatoms. The van der Waals surface area contributed by atoms with Crippen molar-refractivity contribution < 1.29 is 23.1 Å². The monoisotopic (exact) mass is 297 g/mol. The van der Waals surface area contributed by atoms with Gasteiger partial charge in [-0.15, -0.1) is 6.42 Å². The van der Waals surface area contributed by atoms with E-state index in [1.54, 1.807) is 0 Å². The van der Waals surface area contributed by atoms with Crippen LogP contribution >= 0.6 is 0 Å². The molecule has 0 heterocycles. The number of rotatable bonds is 6. The number of ether oxygens (including phenoxy) is 1. The van der Waals surface area contributed by atoms with Crippen LogP contribution in [-0.2, 0) is 21.2 Å². The molecule has 1 aromatic carbocycles. The third-order valence-electron chi connectivity index (χ3n) is 2.61. The van der Waals surface area contributed by atoms with Gasteiger partial charge < -0.3 is 9.84 Å². The van der Waals surface area contributed by atoms with Crippen LogP contribution in [0.2, 0.25) is 0 Å². The van der Waals surface area contributed by atoms with Crippen molar-refractivity contribution in [3.63, 3.8) is 0 Å². The number of nitrogens with zero attached hydrogens (tertiary/aromatic N) is 1. The first-order chi connectivity index (χ1) is 9.32. The Morgan fingerprint density at radius 3 is 2.65 bits per heavy atom. The highest BCUT2D eigenvalue weighted by Crippen LogP contribution is 2.24. The molecule has 0 spiro atoms. The highest BCUT2D eigenvalue weighted by Gasteiger charge is 2.24. The molecule has 1 rings (SSSR count). The van der Waals surface area contributed by atoms with E-state index in [0.717, 1.165) is 4.31 Å². The minimum atomic E-state index is -3.83. The van der Waals surface area contributed by atoms with E-state index in [1.165, 1.54) is 32.4 Å². The maximum absolute atomic E-state index is 12.3. The summed E-state index contributed by atoms with van der Waals surface area (Å²) in [6, 6.07) is 4.17. The van der Waals surface area contributed by atoms with Crippen molar-refractivity contribution in [2.24, 2.45) is 0 Å². The van der Waals surface area contributed by atoms with E-state index in [4.69, 9.17) is 16.3 Å². The predicted molar refractivity (Wildman–Crippen MR) is 73.0 cm³/mol. The van der Waals surface area contributed by atoms with Crippen molar-refractivity contribution in [3.05, 3.63) is 23.8 Å². The molecule has 108 valence electrons. The molecule has 20 heavy (non-hydrogen) atoms. The molecule has 0 bridgehead atoms. The molecule has 0 unspecified atom stereocenters. The van der Waals surface area contributed by atoms with Gasteiger partial charge in [0.15, 0.2) is 0 Å². The Morgan fingerprint density at radius 2 is 2.15 bits per heavy atom. The number of aliphatic carboxylic acids is 1. The number of sulfonamides is 1. The molecule has 0 fully saturated rings. The smallest absolute Gasteiger partial charge is 0.307 e. The third-order valence-corrected chi connectivity index (χ3v) is 4.52. The van der Waals surface area contributed by atoms with Gasteiger partial charge in [-0.1, -0.05) is 5.92 Å². The minimum Gasteiger partial charge on any atom is -0.497 e. The molecule has 0 atom stereocenters. The lowest BCUT2D eigenvalue weighted by Crippen LogP contribution is -2.28. The molecule has 0 aliphatic carbocycles. The summed E-state index contributed by atoms with van der Waals surface area (Å²) in [5.74, 6) is 1.49. The quantitative estimate of drug-likeness (QED) is 0.776. The van der Waals surface area contributed by atoms with Gasteiger partial charge in [0, 0.05) is 7.05 Å². The Bertz CT molecular complexity index is 645. The van der Waals surface area contributed by atoms with Gasteiger partial charge >= 0.3 is 5.97 Å². The molecule has 1 aromatic rings. The van der Waals surface area contributed by atoms with Crippen LogP contribution in [0.15, 0.2) is 23.1 Å². The molecule has 0 saturated heterocycles. The lowest BCUT2D eigenvalue weighted by atomic mass is 10.1. The number of carboxylic acids is 1.